The molecule has 20 aromatic rings. The molecular formula is C93H60N6O. The molecule has 0 aliphatic carbocycles. The number of rotatable bonds is 10. The van der Waals surface area contributed by atoms with Gasteiger partial charge < -0.3 is 18.1 Å². The molecule has 100 heavy (non-hydrogen) atoms. The molecule has 5 heterocycles. The number of benzene rings is 15. The fourth-order valence-corrected chi connectivity index (χ4v) is 14.9. The van der Waals surface area contributed by atoms with Gasteiger partial charge in [0.2, 0.25) is 0 Å². The normalized spacial score (nSPS) is 11.6. The highest BCUT2D eigenvalue weighted by Crippen LogP contribution is 2.43. The minimum atomic E-state index is 0.603. The van der Waals surface area contributed by atoms with Gasteiger partial charge in [0, 0.05) is 76.8 Å². The zero-order valence-electron chi connectivity index (χ0n) is 54.2. The number of hydrogen-bond acceptors (Lipinski definition) is 4. The molecule has 0 atom stereocenters. The Morgan fingerprint density at radius 1 is 0.190 bits per heavy atom. The van der Waals surface area contributed by atoms with E-state index >= 15 is 0 Å². The molecule has 468 valence electrons. The predicted octanol–water partition coefficient (Wildman–Crippen LogP) is 24.4. The lowest BCUT2D eigenvalue weighted by Gasteiger charge is -2.11. The van der Waals surface area contributed by atoms with Gasteiger partial charge in [0.1, 0.15) is 11.2 Å². The zero-order chi connectivity index (χ0) is 66.0. The fraction of sp³-hybridized carbons (Fsp3) is 0. The molecule has 15 aromatic carbocycles. The third-order valence-electron chi connectivity index (χ3n) is 19.6. The Morgan fingerprint density at radius 3 is 0.960 bits per heavy atom. The molecule has 20 rings (SSSR count). The van der Waals surface area contributed by atoms with Crippen molar-refractivity contribution in [3.63, 3.8) is 0 Å². The van der Waals surface area contributed by atoms with Crippen molar-refractivity contribution < 1.29 is 4.42 Å². The summed E-state index contributed by atoms with van der Waals surface area (Å²) in [5.41, 5.74) is 24.6. The number of hydrogen-bond donors (Lipinski definition) is 0. The summed E-state index contributed by atoms with van der Waals surface area (Å²) in [4.78, 5) is 15.0. The molecule has 7 nitrogen and oxygen atoms in total. The predicted molar refractivity (Wildman–Crippen MR) is 415 cm³/mol. The maximum Gasteiger partial charge on any atom is 0.164 e. The summed E-state index contributed by atoms with van der Waals surface area (Å²) >= 11 is 0. The Hall–Kier alpha value is -13.5. The van der Waals surface area contributed by atoms with E-state index in [1.807, 2.05) is 72.8 Å². The molecular weight excluding hydrogens is 1220 g/mol. The second-order valence-electron chi connectivity index (χ2n) is 25.5. The molecule has 0 spiro atoms. The molecule has 0 saturated heterocycles. The number of aromatic nitrogens is 6. The summed E-state index contributed by atoms with van der Waals surface area (Å²) < 4.78 is 13.6. The van der Waals surface area contributed by atoms with E-state index in [9.17, 15) is 0 Å². The van der Waals surface area contributed by atoms with Gasteiger partial charge in [0.15, 0.2) is 17.5 Å². The molecule has 0 saturated carbocycles. The fourth-order valence-electron chi connectivity index (χ4n) is 14.9. The first-order valence-electron chi connectivity index (χ1n) is 33.9. The zero-order valence-corrected chi connectivity index (χ0v) is 54.2. The first kappa shape index (κ1) is 57.9. The highest BCUT2D eigenvalue weighted by molar-refractivity contribution is 6.15. The van der Waals surface area contributed by atoms with Gasteiger partial charge in [-0.25, -0.2) is 15.0 Å². The highest BCUT2D eigenvalue weighted by atomic mass is 16.3. The van der Waals surface area contributed by atoms with Crippen molar-refractivity contribution in [1.29, 1.82) is 0 Å². The smallest absolute Gasteiger partial charge is 0.164 e. The maximum atomic E-state index is 6.44. The molecule has 0 radical (unpaired) electrons. The van der Waals surface area contributed by atoms with Crippen LogP contribution >= 0.6 is 0 Å². The van der Waals surface area contributed by atoms with Gasteiger partial charge in [-0.1, -0.05) is 255 Å². The molecule has 0 aliphatic rings. The Balaban J connectivity index is 0.000000139. The van der Waals surface area contributed by atoms with E-state index in [1.54, 1.807) is 0 Å². The Labute approximate surface area is 576 Å². The standard InChI is InChI=1S/C48H32N2.C45H28N4O/c1-3-13-33(14-4-1)35-17-11-19-39(29-35)49-45-23-9-7-21-41(45)43-31-37(25-27-47(43)49)38-26-28-48-44(32-38)42-22-8-10-24-46(42)50(48)40-20-12-18-36(30-40)34-15-5-2-6-16-34;1-4-13-29(14-5-1)43-46-44(30-15-6-2-7-16-30)48-45(47-43)35-20-12-22-41-42(35)37-28-32(24-26-40(37)50-41)31-23-25-39-36(27-31)34-19-10-11-21-38(34)49(39)33-17-8-3-9-18-33/h1-32H;1-28H. The van der Waals surface area contributed by atoms with Gasteiger partial charge >= 0.3 is 0 Å². The lowest BCUT2D eigenvalue weighted by Crippen LogP contribution is -2.00. The van der Waals surface area contributed by atoms with Gasteiger partial charge in [0.05, 0.1) is 33.1 Å². The summed E-state index contributed by atoms with van der Waals surface area (Å²) in [5.74, 6) is 1.86. The van der Waals surface area contributed by atoms with Gasteiger partial charge in [-0.3, -0.25) is 0 Å². The third kappa shape index (κ3) is 10.1. The van der Waals surface area contributed by atoms with Crippen molar-refractivity contribution in [3.05, 3.63) is 364 Å². The maximum absolute atomic E-state index is 6.44. The number of nitrogens with zero attached hydrogens (tertiary/aromatic N) is 6. The van der Waals surface area contributed by atoms with Crippen LogP contribution in [0.5, 0.6) is 0 Å². The Morgan fingerprint density at radius 2 is 0.510 bits per heavy atom. The van der Waals surface area contributed by atoms with Crippen LogP contribution in [0.25, 0.3) is 183 Å². The van der Waals surface area contributed by atoms with E-state index in [4.69, 9.17) is 19.4 Å². The van der Waals surface area contributed by atoms with Crippen LogP contribution in [0.2, 0.25) is 0 Å². The summed E-state index contributed by atoms with van der Waals surface area (Å²) in [7, 11) is 0. The van der Waals surface area contributed by atoms with Crippen LogP contribution in [0.15, 0.2) is 368 Å². The summed E-state index contributed by atoms with van der Waals surface area (Å²) in [6.45, 7) is 0. The van der Waals surface area contributed by atoms with Gasteiger partial charge in [-0.2, -0.15) is 0 Å². The lowest BCUT2D eigenvalue weighted by molar-refractivity contribution is 0.669. The number of para-hydroxylation sites is 4. The van der Waals surface area contributed by atoms with Crippen LogP contribution in [0.4, 0.5) is 0 Å². The SMILES string of the molecule is c1ccc(-c2cccc(-n3c4ccccc4c4cc(-c5ccc6c(c5)c5ccccc5n6-c5cccc(-c6ccccc6)c5)ccc43)c2)cc1.c1ccc(-c2nc(-c3ccccc3)nc(-c3cccc4oc5ccc(-c6ccc7c(c6)c6ccccc6n7-c6ccccc6)cc5c34)n2)cc1. The number of fused-ring (bicyclic) bond motifs is 12. The highest BCUT2D eigenvalue weighted by Gasteiger charge is 2.22. The second kappa shape index (κ2) is 24.3. The van der Waals surface area contributed by atoms with Crippen molar-refractivity contribution >= 4 is 87.4 Å². The molecule has 0 N–H and O–H groups in total. The largest absolute Gasteiger partial charge is 0.456 e. The third-order valence-corrected chi connectivity index (χ3v) is 19.6. The van der Waals surface area contributed by atoms with Crippen molar-refractivity contribution in [1.82, 2.24) is 28.7 Å². The van der Waals surface area contributed by atoms with E-state index in [1.165, 1.54) is 98.8 Å². The molecule has 0 fully saturated rings. The van der Waals surface area contributed by atoms with Crippen molar-refractivity contribution in [3.8, 4) is 95.7 Å². The summed E-state index contributed by atoms with van der Waals surface area (Å²) in [5, 5.41) is 9.46. The van der Waals surface area contributed by atoms with Gasteiger partial charge in [-0.15, -0.1) is 0 Å². The second-order valence-corrected chi connectivity index (χ2v) is 25.5. The monoisotopic (exact) mass is 1280 g/mol. The molecule has 0 bridgehead atoms. The van der Waals surface area contributed by atoms with Gasteiger partial charge in [-0.05, 0) is 154 Å². The van der Waals surface area contributed by atoms with Crippen molar-refractivity contribution in [2.45, 2.75) is 0 Å². The first-order chi connectivity index (χ1) is 49.6. The Bertz CT molecular complexity index is 6250. The molecule has 5 aromatic heterocycles. The lowest BCUT2D eigenvalue weighted by atomic mass is 9.99. The molecule has 0 aliphatic heterocycles. The minimum absolute atomic E-state index is 0.603. The molecule has 0 unspecified atom stereocenters. The van der Waals surface area contributed by atoms with Crippen molar-refractivity contribution in [2.24, 2.45) is 0 Å². The first-order valence-corrected chi connectivity index (χ1v) is 33.9. The molecule has 7 heteroatoms. The minimum Gasteiger partial charge on any atom is -0.456 e. The van der Waals surface area contributed by atoms with E-state index in [2.05, 4.69) is 305 Å². The van der Waals surface area contributed by atoms with Crippen LogP contribution < -0.4 is 0 Å². The van der Waals surface area contributed by atoms with E-state index in [0.717, 1.165) is 66.8 Å². The van der Waals surface area contributed by atoms with Gasteiger partial charge in [0.25, 0.3) is 0 Å². The van der Waals surface area contributed by atoms with E-state index in [0.29, 0.717) is 17.5 Å². The van der Waals surface area contributed by atoms with Crippen LogP contribution in [-0.2, 0) is 0 Å². The topological polar surface area (TPSA) is 66.6 Å². The number of furan rings is 1. The molecule has 0 amide bonds. The van der Waals surface area contributed by atoms with Crippen LogP contribution in [-0.4, -0.2) is 28.7 Å². The van der Waals surface area contributed by atoms with Crippen LogP contribution in [0, 0.1) is 0 Å². The summed E-state index contributed by atoms with van der Waals surface area (Å²) in [6.07, 6.45) is 0. The summed E-state index contributed by atoms with van der Waals surface area (Å²) in [6, 6.07) is 129. The van der Waals surface area contributed by atoms with Crippen LogP contribution in [0.1, 0.15) is 0 Å². The quantitative estimate of drug-likeness (QED) is 0.137. The van der Waals surface area contributed by atoms with Crippen LogP contribution in [0.3, 0.4) is 0 Å². The van der Waals surface area contributed by atoms with E-state index < -0.39 is 0 Å². The Kier molecular flexibility index (Phi) is 14.1. The van der Waals surface area contributed by atoms with E-state index in [-0.39, 0.29) is 0 Å². The van der Waals surface area contributed by atoms with Crippen molar-refractivity contribution in [2.75, 3.05) is 0 Å². The average molecular weight is 1280 g/mol. The average Bonchev–Trinajstić information content (AvgIpc) is 1.59.